The van der Waals surface area contributed by atoms with Gasteiger partial charge in [0.05, 0.1) is 18.0 Å². The number of amides is 1. The smallest absolute Gasteiger partial charge is 0.223 e. The lowest BCUT2D eigenvalue weighted by Gasteiger charge is -2.34. The molecule has 0 radical (unpaired) electrons. The van der Waals surface area contributed by atoms with Gasteiger partial charge in [0.15, 0.2) is 0 Å². The number of fused-ring (bicyclic) bond motifs is 1. The van der Waals surface area contributed by atoms with E-state index in [1.807, 2.05) is 0 Å². The van der Waals surface area contributed by atoms with Crippen molar-refractivity contribution >= 4 is 16.8 Å². The summed E-state index contributed by atoms with van der Waals surface area (Å²) in [5.74, 6) is -1.56. The molecule has 2 N–H and O–H groups in total. The molecule has 0 aliphatic heterocycles. The Morgan fingerprint density at radius 2 is 1.84 bits per heavy atom. The lowest BCUT2D eigenvalue weighted by atomic mass is 9.71. The normalized spacial score (nSPS) is 18.0. The summed E-state index contributed by atoms with van der Waals surface area (Å²) in [5, 5.41) is 3.39. The van der Waals surface area contributed by atoms with E-state index in [4.69, 9.17) is 4.42 Å². The van der Waals surface area contributed by atoms with Gasteiger partial charge in [0, 0.05) is 35.2 Å². The van der Waals surface area contributed by atoms with Crippen molar-refractivity contribution in [3.05, 3.63) is 83.6 Å². The molecule has 1 saturated carbocycles. The fourth-order valence-corrected chi connectivity index (χ4v) is 4.48. The molecule has 0 atom stereocenters. The van der Waals surface area contributed by atoms with Crippen LogP contribution in [-0.4, -0.2) is 10.9 Å². The average Bonchev–Trinajstić information content (AvgIpc) is 3.37. The molecule has 1 fully saturated rings. The first kappa shape index (κ1) is 20.4. The molecule has 0 unspecified atom stereocenters. The number of nitrogens with one attached hydrogen (secondary N) is 2. The maximum Gasteiger partial charge on any atom is 0.223 e. The van der Waals surface area contributed by atoms with Crippen LogP contribution in [0.5, 0.6) is 0 Å². The monoisotopic (exact) mass is 438 g/mol. The van der Waals surface area contributed by atoms with Gasteiger partial charge in [-0.1, -0.05) is 0 Å². The second-order valence-corrected chi connectivity index (χ2v) is 8.38. The van der Waals surface area contributed by atoms with E-state index in [2.05, 4.69) is 10.3 Å². The second kappa shape index (κ2) is 8.22. The number of furan rings is 1. The first-order valence-corrected chi connectivity index (χ1v) is 10.5. The molecule has 1 aliphatic rings. The maximum absolute atomic E-state index is 14.4. The zero-order valence-corrected chi connectivity index (χ0v) is 17.1. The highest BCUT2D eigenvalue weighted by Gasteiger charge is 2.35. The Hall–Kier alpha value is -3.48. The van der Waals surface area contributed by atoms with Gasteiger partial charge in [0.25, 0.3) is 0 Å². The van der Waals surface area contributed by atoms with Crippen molar-refractivity contribution in [2.45, 2.75) is 25.8 Å². The third-order valence-electron chi connectivity index (χ3n) is 6.21. The van der Waals surface area contributed by atoms with Crippen molar-refractivity contribution in [1.29, 1.82) is 0 Å². The van der Waals surface area contributed by atoms with Crippen LogP contribution in [0.3, 0.4) is 0 Å². The molecule has 5 rings (SSSR count). The highest BCUT2D eigenvalue weighted by atomic mass is 19.1. The minimum Gasteiger partial charge on any atom is -0.472 e. The number of carbonyl (C=O) groups is 1. The Morgan fingerprint density at radius 3 is 2.56 bits per heavy atom. The minimum absolute atomic E-state index is 0.00257. The van der Waals surface area contributed by atoms with E-state index < -0.39 is 11.6 Å². The summed E-state index contributed by atoms with van der Waals surface area (Å²) in [5.41, 5.74) is 3.27. The van der Waals surface area contributed by atoms with E-state index in [1.54, 1.807) is 30.7 Å². The van der Waals surface area contributed by atoms with Gasteiger partial charge in [0.2, 0.25) is 5.91 Å². The van der Waals surface area contributed by atoms with Crippen LogP contribution in [0.25, 0.3) is 22.2 Å². The van der Waals surface area contributed by atoms with Crippen molar-refractivity contribution < 1.29 is 22.4 Å². The quantitative estimate of drug-likeness (QED) is 0.404. The third kappa shape index (κ3) is 3.90. The average molecular weight is 438 g/mol. The largest absolute Gasteiger partial charge is 0.472 e. The van der Waals surface area contributed by atoms with E-state index in [0.717, 1.165) is 17.2 Å². The van der Waals surface area contributed by atoms with Crippen LogP contribution in [0.2, 0.25) is 0 Å². The molecule has 2 aromatic heterocycles. The van der Waals surface area contributed by atoms with E-state index in [9.17, 15) is 18.0 Å². The Morgan fingerprint density at radius 1 is 1.06 bits per heavy atom. The summed E-state index contributed by atoms with van der Waals surface area (Å²) < 4.78 is 46.8. The number of aromatic nitrogens is 1. The van der Waals surface area contributed by atoms with Crippen LogP contribution in [0, 0.1) is 29.3 Å². The Balaban J connectivity index is 1.35. The molecule has 32 heavy (non-hydrogen) atoms. The SMILES string of the molecule is O=C(NCc1ccoc1)C1CC(Cc2c(-c3ccc(F)cc3)[nH]c3c(F)cc(F)cc23)C1. The van der Waals surface area contributed by atoms with Crippen molar-refractivity contribution in [2.24, 2.45) is 11.8 Å². The van der Waals surface area contributed by atoms with E-state index in [1.165, 1.54) is 18.2 Å². The Kier molecular flexibility index (Phi) is 5.25. The molecule has 1 amide bonds. The van der Waals surface area contributed by atoms with Gasteiger partial charge in [-0.3, -0.25) is 4.79 Å². The maximum atomic E-state index is 14.4. The molecule has 7 heteroatoms. The molecule has 2 aromatic carbocycles. The lowest BCUT2D eigenvalue weighted by Crippen LogP contribution is -2.39. The summed E-state index contributed by atoms with van der Waals surface area (Å²) in [6.45, 7) is 0.423. The first-order chi connectivity index (χ1) is 15.5. The van der Waals surface area contributed by atoms with E-state index in [-0.39, 0.29) is 29.1 Å². The van der Waals surface area contributed by atoms with Gasteiger partial charge >= 0.3 is 0 Å². The molecule has 2 heterocycles. The predicted octanol–water partition coefficient (Wildman–Crippen LogP) is 5.73. The predicted molar refractivity (Wildman–Crippen MR) is 114 cm³/mol. The Labute approximate surface area is 182 Å². The van der Waals surface area contributed by atoms with Gasteiger partial charge in [-0.2, -0.15) is 0 Å². The highest BCUT2D eigenvalue weighted by molar-refractivity contribution is 5.91. The fourth-order valence-electron chi connectivity index (χ4n) is 4.48. The summed E-state index contributed by atoms with van der Waals surface area (Å²) >= 11 is 0. The number of benzene rings is 2. The third-order valence-corrected chi connectivity index (χ3v) is 6.21. The zero-order chi connectivity index (χ0) is 22.2. The van der Waals surface area contributed by atoms with E-state index >= 15 is 0 Å². The molecule has 4 nitrogen and oxygen atoms in total. The molecule has 0 spiro atoms. The number of carbonyl (C=O) groups excluding carboxylic acids is 1. The van der Waals surface area contributed by atoms with Crippen LogP contribution >= 0.6 is 0 Å². The van der Waals surface area contributed by atoms with Gasteiger partial charge in [-0.15, -0.1) is 0 Å². The topological polar surface area (TPSA) is 58.0 Å². The van der Waals surface area contributed by atoms with Gasteiger partial charge in [-0.05, 0) is 72.7 Å². The van der Waals surface area contributed by atoms with Crippen molar-refractivity contribution in [2.75, 3.05) is 0 Å². The summed E-state index contributed by atoms with van der Waals surface area (Å²) in [7, 11) is 0. The number of H-pyrrole nitrogens is 1. The molecule has 4 aromatic rings. The number of hydrogen-bond acceptors (Lipinski definition) is 2. The lowest BCUT2D eigenvalue weighted by molar-refractivity contribution is -0.129. The number of rotatable bonds is 6. The van der Waals surface area contributed by atoms with Gasteiger partial charge in [-0.25, -0.2) is 13.2 Å². The Bertz CT molecular complexity index is 1260. The number of hydrogen-bond donors (Lipinski definition) is 2. The molecule has 0 saturated heterocycles. The standard InChI is InChI=1S/C25H21F3N2O2/c26-18-3-1-16(2-4-18)23-20(21-10-19(27)11-22(28)24(21)30-23)9-15-7-17(8-15)25(31)29-12-14-5-6-32-13-14/h1-6,10-11,13,15,17,30H,7-9,12H2,(H,29,31). The van der Waals surface area contributed by atoms with Crippen LogP contribution in [-0.2, 0) is 17.8 Å². The molecular weight excluding hydrogens is 417 g/mol. The van der Waals surface area contributed by atoms with Gasteiger partial charge < -0.3 is 14.7 Å². The van der Waals surface area contributed by atoms with Crippen LogP contribution in [0.1, 0.15) is 24.0 Å². The van der Waals surface area contributed by atoms with Crippen LogP contribution < -0.4 is 5.32 Å². The molecule has 164 valence electrons. The van der Waals surface area contributed by atoms with Gasteiger partial charge in [0.1, 0.15) is 17.5 Å². The first-order valence-electron chi connectivity index (χ1n) is 10.5. The number of aromatic amines is 1. The van der Waals surface area contributed by atoms with Crippen LogP contribution in [0.4, 0.5) is 13.2 Å². The summed E-state index contributed by atoms with van der Waals surface area (Å²) in [4.78, 5) is 15.5. The fraction of sp³-hybridized carbons (Fsp3) is 0.240. The van der Waals surface area contributed by atoms with Crippen molar-refractivity contribution in [3.8, 4) is 11.3 Å². The summed E-state index contributed by atoms with van der Waals surface area (Å²) in [6, 6.07) is 9.88. The number of halogens is 3. The van der Waals surface area contributed by atoms with Crippen molar-refractivity contribution in [3.63, 3.8) is 0 Å². The van der Waals surface area contributed by atoms with E-state index in [0.29, 0.717) is 42.5 Å². The second-order valence-electron chi connectivity index (χ2n) is 8.38. The zero-order valence-electron chi connectivity index (χ0n) is 17.1. The summed E-state index contributed by atoms with van der Waals surface area (Å²) in [6.07, 6.45) is 5.12. The highest BCUT2D eigenvalue weighted by Crippen LogP contribution is 2.41. The molecule has 1 aliphatic carbocycles. The molecule has 0 bridgehead atoms. The van der Waals surface area contributed by atoms with Crippen molar-refractivity contribution in [1.82, 2.24) is 10.3 Å². The molecular formula is C25H21F3N2O2. The minimum atomic E-state index is -0.667. The van der Waals surface area contributed by atoms with Crippen LogP contribution in [0.15, 0.2) is 59.4 Å².